The van der Waals surface area contributed by atoms with Gasteiger partial charge in [-0.25, -0.2) is 0 Å². The molecule has 3 heterocycles. The number of benzene rings is 1. The van der Waals surface area contributed by atoms with Crippen molar-refractivity contribution in [1.29, 1.82) is 0 Å². The predicted molar refractivity (Wildman–Crippen MR) is 123 cm³/mol. The molecule has 0 aliphatic carbocycles. The predicted octanol–water partition coefficient (Wildman–Crippen LogP) is 5.31. The number of pyridine rings is 1. The summed E-state index contributed by atoms with van der Waals surface area (Å²) in [6.45, 7) is 3.49. The van der Waals surface area contributed by atoms with Crippen molar-refractivity contribution in [3.63, 3.8) is 0 Å². The van der Waals surface area contributed by atoms with Gasteiger partial charge < -0.3 is 19.4 Å². The Hall–Kier alpha value is -2.41. The van der Waals surface area contributed by atoms with Gasteiger partial charge in [-0.3, -0.25) is 4.98 Å². The number of methoxy groups -OCH3 is 1. The number of furan rings is 1. The molecule has 7 heteroatoms. The van der Waals surface area contributed by atoms with Gasteiger partial charge in [0.15, 0.2) is 5.11 Å². The van der Waals surface area contributed by atoms with Crippen LogP contribution in [0, 0.1) is 6.92 Å². The van der Waals surface area contributed by atoms with E-state index in [-0.39, 0.29) is 12.1 Å². The van der Waals surface area contributed by atoms with Crippen LogP contribution in [0.4, 0.5) is 0 Å². The first kappa shape index (κ1) is 20.8. The molecule has 1 saturated heterocycles. The third-order valence-corrected chi connectivity index (χ3v) is 5.92. The zero-order valence-corrected chi connectivity index (χ0v) is 18.5. The van der Waals surface area contributed by atoms with Crippen molar-refractivity contribution in [2.45, 2.75) is 25.4 Å². The fourth-order valence-corrected chi connectivity index (χ4v) is 4.35. The van der Waals surface area contributed by atoms with Gasteiger partial charge in [-0.2, -0.15) is 0 Å². The zero-order chi connectivity index (χ0) is 21.1. The second kappa shape index (κ2) is 9.16. The van der Waals surface area contributed by atoms with E-state index in [2.05, 4.69) is 15.2 Å². The van der Waals surface area contributed by atoms with Crippen LogP contribution >= 0.6 is 23.8 Å². The number of hydrogen-bond donors (Lipinski definition) is 1. The van der Waals surface area contributed by atoms with Gasteiger partial charge in [0.25, 0.3) is 0 Å². The van der Waals surface area contributed by atoms with Crippen molar-refractivity contribution in [3.8, 4) is 11.3 Å². The molecule has 3 aromatic rings. The van der Waals surface area contributed by atoms with Crippen LogP contribution in [-0.4, -0.2) is 35.3 Å². The van der Waals surface area contributed by atoms with Crippen molar-refractivity contribution < 1.29 is 9.15 Å². The van der Waals surface area contributed by atoms with E-state index in [1.165, 1.54) is 0 Å². The summed E-state index contributed by atoms with van der Waals surface area (Å²) >= 11 is 11.9. The molecule has 1 aromatic carbocycles. The summed E-state index contributed by atoms with van der Waals surface area (Å²) in [6, 6.07) is 15.6. The van der Waals surface area contributed by atoms with E-state index in [0.717, 1.165) is 41.3 Å². The Morgan fingerprint density at radius 1 is 1.23 bits per heavy atom. The van der Waals surface area contributed by atoms with E-state index in [4.69, 9.17) is 33.0 Å². The first-order valence-electron chi connectivity index (χ1n) is 9.91. The third-order valence-electron chi connectivity index (χ3n) is 5.33. The van der Waals surface area contributed by atoms with Crippen molar-refractivity contribution in [3.05, 3.63) is 76.8 Å². The van der Waals surface area contributed by atoms with Gasteiger partial charge in [0, 0.05) is 37.0 Å². The molecule has 2 aromatic heterocycles. The van der Waals surface area contributed by atoms with Gasteiger partial charge in [-0.15, -0.1) is 0 Å². The van der Waals surface area contributed by atoms with E-state index in [0.29, 0.717) is 16.7 Å². The number of thiocarbonyl (C=S) groups is 1. The molecule has 1 fully saturated rings. The van der Waals surface area contributed by atoms with Crippen LogP contribution in [0.5, 0.6) is 0 Å². The number of aryl methyl sites for hydroxylation is 1. The number of hydrogen-bond acceptors (Lipinski definition) is 4. The highest BCUT2D eigenvalue weighted by atomic mass is 35.5. The smallest absolute Gasteiger partial charge is 0.170 e. The number of nitrogens with zero attached hydrogens (tertiary/aromatic N) is 2. The summed E-state index contributed by atoms with van der Waals surface area (Å²) in [6.07, 6.45) is 2.67. The summed E-state index contributed by atoms with van der Waals surface area (Å²) in [4.78, 5) is 6.73. The Bertz CT molecular complexity index is 1020. The Kier molecular flexibility index (Phi) is 6.37. The first-order chi connectivity index (χ1) is 14.6. The minimum Gasteiger partial charge on any atom is -0.459 e. The van der Waals surface area contributed by atoms with E-state index in [1.54, 1.807) is 13.3 Å². The van der Waals surface area contributed by atoms with Crippen molar-refractivity contribution >= 4 is 28.9 Å². The topological polar surface area (TPSA) is 50.5 Å². The lowest BCUT2D eigenvalue weighted by molar-refractivity contribution is 0.177. The van der Waals surface area contributed by atoms with Gasteiger partial charge in [0.2, 0.25) is 0 Å². The summed E-state index contributed by atoms with van der Waals surface area (Å²) in [5.41, 5.74) is 3.03. The molecule has 0 saturated carbocycles. The van der Waals surface area contributed by atoms with E-state index in [9.17, 15) is 0 Å². The summed E-state index contributed by atoms with van der Waals surface area (Å²) in [7, 11) is 1.71. The molecule has 0 spiro atoms. The molecule has 156 valence electrons. The number of ether oxygens (including phenoxy) is 1. The van der Waals surface area contributed by atoms with Crippen molar-refractivity contribution in [1.82, 2.24) is 15.2 Å². The quantitative estimate of drug-likeness (QED) is 0.396. The minimum absolute atomic E-state index is 0.0966. The maximum absolute atomic E-state index is 6.37. The van der Waals surface area contributed by atoms with E-state index < -0.39 is 0 Å². The van der Waals surface area contributed by atoms with Crippen LogP contribution in [-0.2, 0) is 4.74 Å². The molecule has 4 rings (SSSR count). The fraction of sp³-hybridized carbons (Fsp3) is 0.304. The minimum atomic E-state index is -0.0995. The van der Waals surface area contributed by atoms with E-state index >= 15 is 0 Å². The highest BCUT2D eigenvalue weighted by Gasteiger charge is 2.41. The summed E-state index contributed by atoms with van der Waals surface area (Å²) in [5.74, 6) is 1.63. The van der Waals surface area contributed by atoms with Gasteiger partial charge in [0.05, 0.1) is 11.7 Å². The molecule has 0 amide bonds. The Balaban J connectivity index is 1.71. The van der Waals surface area contributed by atoms with Gasteiger partial charge in [-0.1, -0.05) is 23.7 Å². The summed E-state index contributed by atoms with van der Waals surface area (Å²) < 4.78 is 11.6. The lowest BCUT2D eigenvalue weighted by atomic mass is 10.0. The second-order valence-corrected chi connectivity index (χ2v) is 8.15. The fourth-order valence-electron chi connectivity index (χ4n) is 3.85. The lowest BCUT2D eigenvalue weighted by Gasteiger charge is -2.26. The molecule has 0 radical (unpaired) electrons. The normalized spacial score (nSPS) is 18.6. The number of aromatic nitrogens is 1. The van der Waals surface area contributed by atoms with Gasteiger partial charge in [0.1, 0.15) is 17.6 Å². The zero-order valence-electron chi connectivity index (χ0n) is 17.0. The molecular formula is C23H24ClN3O2S. The van der Waals surface area contributed by atoms with Crippen LogP contribution in [0.2, 0.25) is 5.02 Å². The number of halogens is 1. The van der Waals surface area contributed by atoms with Crippen molar-refractivity contribution in [2.75, 3.05) is 20.3 Å². The highest BCUT2D eigenvalue weighted by molar-refractivity contribution is 7.80. The van der Waals surface area contributed by atoms with Crippen LogP contribution in [0.1, 0.15) is 35.5 Å². The maximum atomic E-state index is 6.37. The molecular weight excluding hydrogens is 418 g/mol. The molecule has 1 aliphatic rings. The van der Waals surface area contributed by atoms with Crippen LogP contribution in [0.25, 0.3) is 11.3 Å². The lowest BCUT2D eigenvalue weighted by Crippen LogP contribution is -2.31. The monoisotopic (exact) mass is 441 g/mol. The molecule has 1 aliphatic heterocycles. The van der Waals surface area contributed by atoms with Crippen LogP contribution < -0.4 is 5.32 Å². The largest absolute Gasteiger partial charge is 0.459 e. The second-order valence-electron chi connectivity index (χ2n) is 7.33. The molecule has 2 unspecified atom stereocenters. The van der Waals surface area contributed by atoms with Crippen LogP contribution in [0.15, 0.2) is 59.1 Å². The Morgan fingerprint density at radius 2 is 2.10 bits per heavy atom. The van der Waals surface area contributed by atoms with E-state index in [1.807, 2.05) is 55.5 Å². The molecule has 1 N–H and O–H groups in total. The maximum Gasteiger partial charge on any atom is 0.170 e. The standard InChI is InChI=1S/C23H24ClN3O2S/c1-15-7-8-16(24)14-17(15)19-9-10-20(29-19)22-21(18-6-3-4-11-25-18)26-23(30)27(22)12-5-13-28-2/h3-4,6-11,14,21-22H,5,12-13H2,1-2H3,(H,26,30). The average molecular weight is 442 g/mol. The molecule has 5 nitrogen and oxygen atoms in total. The Labute approximate surface area is 187 Å². The van der Waals surface area contributed by atoms with Gasteiger partial charge >= 0.3 is 0 Å². The number of rotatable bonds is 7. The molecule has 0 bridgehead atoms. The summed E-state index contributed by atoms with van der Waals surface area (Å²) in [5, 5.41) is 4.82. The van der Waals surface area contributed by atoms with Gasteiger partial charge in [-0.05, 0) is 67.5 Å². The molecule has 30 heavy (non-hydrogen) atoms. The highest BCUT2D eigenvalue weighted by Crippen LogP contribution is 2.41. The molecule has 2 atom stereocenters. The first-order valence-corrected chi connectivity index (χ1v) is 10.7. The number of nitrogens with one attached hydrogen (secondary N) is 1. The SMILES string of the molecule is COCCCN1C(=S)NC(c2ccccn2)C1c1ccc(-c2cc(Cl)ccc2C)o1. The Morgan fingerprint density at radius 3 is 2.87 bits per heavy atom. The van der Waals surface area contributed by atoms with Crippen LogP contribution in [0.3, 0.4) is 0 Å². The van der Waals surface area contributed by atoms with Crippen molar-refractivity contribution in [2.24, 2.45) is 0 Å². The third kappa shape index (κ3) is 4.21. The average Bonchev–Trinajstić information content (AvgIpc) is 3.35.